The molecule has 3 heteroatoms. The summed E-state index contributed by atoms with van der Waals surface area (Å²) < 4.78 is 5.75. The molecule has 0 fully saturated rings. The second-order valence-electron chi connectivity index (χ2n) is 4.33. The van der Waals surface area contributed by atoms with E-state index in [1.165, 1.54) is 0 Å². The van der Waals surface area contributed by atoms with E-state index in [1.54, 1.807) is 13.1 Å². The molecule has 1 heterocycles. The Kier molecular flexibility index (Phi) is 4.29. The third-order valence-electron chi connectivity index (χ3n) is 2.79. The quantitative estimate of drug-likeness (QED) is 0.730. The lowest BCUT2D eigenvalue weighted by atomic mass is 10.2. The van der Waals surface area contributed by atoms with E-state index in [4.69, 9.17) is 4.74 Å². The number of nitrogens with zero attached hydrogens (tertiary/aromatic N) is 1. The largest absolute Gasteiger partial charge is 0.493 e. The molecule has 94 valence electrons. The zero-order valence-corrected chi connectivity index (χ0v) is 10.6. The van der Waals surface area contributed by atoms with E-state index in [1.807, 2.05) is 30.3 Å². The molecule has 1 aromatic heterocycles. The number of Topliss-reactive ketones (excluding diaryl/α,β-unsaturated/α-hetero) is 1. The number of carbonyl (C=O) groups excluding carboxylic acids is 1. The molecular weight excluding hydrogens is 226 g/mol. The average molecular weight is 243 g/mol. The summed E-state index contributed by atoms with van der Waals surface area (Å²) in [4.78, 5) is 15.1. The molecule has 0 N–H and O–H groups in total. The molecule has 0 saturated heterocycles. The molecule has 18 heavy (non-hydrogen) atoms. The standard InChI is InChI=1S/C15H17NO2/c1-12(17)6-2-3-11-18-15-9-4-8-14-13(15)7-5-10-16-14/h4-5,7-10H,2-3,6,11H2,1H3. The van der Waals surface area contributed by atoms with E-state index in [2.05, 4.69) is 4.98 Å². The molecule has 3 nitrogen and oxygen atoms in total. The van der Waals surface area contributed by atoms with Gasteiger partial charge in [-0.1, -0.05) is 6.07 Å². The molecule has 0 bridgehead atoms. The number of benzene rings is 1. The van der Waals surface area contributed by atoms with Crippen LogP contribution in [0, 0.1) is 0 Å². The Labute approximate surface area is 107 Å². The predicted octanol–water partition coefficient (Wildman–Crippen LogP) is 3.37. The van der Waals surface area contributed by atoms with Gasteiger partial charge in [0.1, 0.15) is 11.5 Å². The highest BCUT2D eigenvalue weighted by atomic mass is 16.5. The highest BCUT2D eigenvalue weighted by Gasteiger charge is 2.01. The summed E-state index contributed by atoms with van der Waals surface area (Å²) in [6.07, 6.45) is 4.20. The van der Waals surface area contributed by atoms with E-state index in [0.29, 0.717) is 13.0 Å². The maximum Gasteiger partial charge on any atom is 0.129 e. The molecule has 0 spiro atoms. The van der Waals surface area contributed by atoms with Crippen molar-refractivity contribution in [2.24, 2.45) is 0 Å². The van der Waals surface area contributed by atoms with Crippen LogP contribution in [-0.2, 0) is 4.79 Å². The summed E-state index contributed by atoms with van der Waals surface area (Å²) in [7, 11) is 0. The Bertz CT molecular complexity index is 532. The van der Waals surface area contributed by atoms with Crippen LogP contribution in [0.15, 0.2) is 36.5 Å². The van der Waals surface area contributed by atoms with Crippen LogP contribution >= 0.6 is 0 Å². The number of fused-ring (bicyclic) bond motifs is 1. The van der Waals surface area contributed by atoms with Crippen LogP contribution in [0.4, 0.5) is 0 Å². The highest BCUT2D eigenvalue weighted by molar-refractivity contribution is 5.84. The molecule has 0 aliphatic heterocycles. The minimum atomic E-state index is 0.240. The monoisotopic (exact) mass is 243 g/mol. The van der Waals surface area contributed by atoms with Gasteiger partial charge >= 0.3 is 0 Å². The molecule has 0 aliphatic rings. The number of hydrogen-bond donors (Lipinski definition) is 0. The SMILES string of the molecule is CC(=O)CCCCOc1cccc2ncccc12. The van der Waals surface area contributed by atoms with Gasteiger partial charge in [0, 0.05) is 18.0 Å². The van der Waals surface area contributed by atoms with Gasteiger partial charge in [-0.05, 0) is 44.0 Å². The summed E-state index contributed by atoms with van der Waals surface area (Å²) in [5.41, 5.74) is 0.943. The van der Waals surface area contributed by atoms with Crippen molar-refractivity contribution in [1.82, 2.24) is 4.98 Å². The first kappa shape index (κ1) is 12.6. The van der Waals surface area contributed by atoms with Gasteiger partial charge < -0.3 is 9.53 Å². The lowest BCUT2D eigenvalue weighted by molar-refractivity contribution is -0.117. The van der Waals surface area contributed by atoms with Crippen molar-refractivity contribution in [3.05, 3.63) is 36.5 Å². The zero-order chi connectivity index (χ0) is 12.8. The maximum absolute atomic E-state index is 10.8. The number of carbonyl (C=O) groups is 1. The minimum absolute atomic E-state index is 0.240. The molecule has 0 aliphatic carbocycles. The Morgan fingerprint density at radius 3 is 2.94 bits per heavy atom. The van der Waals surface area contributed by atoms with Crippen LogP contribution in [-0.4, -0.2) is 17.4 Å². The van der Waals surface area contributed by atoms with E-state index in [0.717, 1.165) is 29.5 Å². The van der Waals surface area contributed by atoms with Crippen LogP contribution in [0.1, 0.15) is 26.2 Å². The Morgan fingerprint density at radius 2 is 2.11 bits per heavy atom. The fraction of sp³-hybridized carbons (Fsp3) is 0.333. The van der Waals surface area contributed by atoms with Gasteiger partial charge in [0.2, 0.25) is 0 Å². The first-order chi connectivity index (χ1) is 8.77. The first-order valence-corrected chi connectivity index (χ1v) is 6.23. The Balaban J connectivity index is 1.93. The normalized spacial score (nSPS) is 10.5. The number of pyridine rings is 1. The minimum Gasteiger partial charge on any atom is -0.493 e. The lowest BCUT2D eigenvalue weighted by Crippen LogP contribution is -1.99. The maximum atomic E-state index is 10.8. The smallest absolute Gasteiger partial charge is 0.129 e. The Morgan fingerprint density at radius 1 is 1.22 bits per heavy atom. The van der Waals surface area contributed by atoms with Gasteiger partial charge in [0.15, 0.2) is 0 Å². The molecular formula is C15H17NO2. The van der Waals surface area contributed by atoms with Crippen LogP contribution < -0.4 is 4.74 Å². The van der Waals surface area contributed by atoms with Crippen LogP contribution in [0.2, 0.25) is 0 Å². The fourth-order valence-corrected chi connectivity index (χ4v) is 1.86. The Hall–Kier alpha value is -1.90. The number of hydrogen-bond acceptors (Lipinski definition) is 3. The average Bonchev–Trinajstić information content (AvgIpc) is 2.38. The molecule has 0 atom stereocenters. The summed E-state index contributed by atoms with van der Waals surface area (Å²) in [6.45, 7) is 2.26. The molecule has 1 aromatic carbocycles. The van der Waals surface area contributed by atoms with Crippen molar-refractivity contribution in [1.29, 1.82) is 0 Å². The number of unbranched alkanes of at least 4 members (excludes halogenated alkanes) is 1. The lowest BCUT2D eigenvalue weighted by Gasteiger charge is -2.08. The van der Waals surface area contributed by atoms with Gasteiger partial charge in [-0.3, -0.25) is 4.98 Å². The second-order valence-corrected chi connectivity index (χ2v) is 4.33. The van der Waals surface area contributed by atoms with E-state index in [9.17, 15) is 4.79 Å². The van der Waals surface area contributed by atoms with E-state index in [-0.39, 0.29) is 5.78 Å². The number of aromatic nitrogens is 1. The number of rotatable bonds is 6. The van der Waals surface area contributed by atoms with Crippen molar-refractivity contribution < 1.29 is 9.53 Å². The van der Waals surface area contributed by atoms with Gasteiger partial charge in [-0.25, -0.2) is 0 Å². The molecule has 2 rings (SSSR count). The van der Waals surface area contributed by atoms with Crippen molar-refractivity contribution in [2.75, 3.05) is 6.61 Å². The van der Waals surface area contributed by atoms with Crippen LogP contribution in [0.25, 0.3) is 10.9 Å². The fourth-order valence-electron chi connectivity index (χ4n) is 1.86. The van der Waals surface area contributed by atoms with Gasteiger partial charge in [0.25, 0.3) is 0 Å². The molecule has 2 aromatic rings. The topological polar surface area (TPSA) is 39.2 Å². The summed E-state index contributed by atoms with van der Waals surface area (Å²) in [5, 5.41) is 1.03. The molecule has 0 unspecified atom stereocenters. The van der Waals surface area contributed by atoms with Crippen molar-refractivity contribution >= 4 is 16.7 Å². The van der Waals surface area contributed by atoms with E-state index >= 15 is 0 Å². The molecule has 0 radical (unpaired) electrons. The first-order valence-electron chi connectivity index (χ1n) is 6.23. The molecule has 0 saturated carbocycles. The van der Waals surface area contributed by atoms with Crippen molar-refractivity contribution in [3.8, 4) is 5.75 Å². The van der Waals surface area contributed by atoms with Crippen molar-refractivity contribution in [3.63, 3.8) is 0 Å². The molecule has 0 amide bonds. The number of ketones is 1. The van der Waals surface area contributed by atoms with Gasteiger partial charge in [-0.15, -0.1) is 0 Å². The van der Waals surface area contributed by atoms with Gasteiger partial charge in [-0.2, -0.15) is 0 Å². The summed E-state index contributed by atoms with van der Waals surface area (Å²) in [5.74, 6) is 1.10. The van der Waals surface area contributed by atoms with Gasteiger partial charge in [0.05, 0.1) is 12.1 Å². The zero-order valence-electron chi connectivity index (χ0n) is 10.6. The summed E-state index contributed by atoms with van der Waals surface area (Å²) in [6, 6.07) is 9.78. The van der Waals surface area contributed by atoms with Crippen molar-refractivity contribution in [2.45, 2.75) is 26.2 Å². The highest BCUT2D eigenvalue weighted by Crippen LogP contribution is 2.23. The third kappa shape index (κ3) is 3.29. The third-order valence-corrected chi connectivity index (χ3v) is 2.79. The van der Waals surface area contributed by atoms with Crippen LogP contribution in [0.5, 0.6) is 5.75 Å². The predicted molar refractivity (Wildman–Crippen MR) is 71.8 cm³/mol. The number of ether oxygens (including phenoxy) is 1. The van der Waals surface area contributed by atoms with Crippen LogP contribution in [0.3, 0.4) is 0 Å². The van der Waals surface area contributed by atoms with E-state index < -0.39 is 0 Å². The summed E-state index contributed by atoms with van der Waals surface area (Å²) >= 11 is 0. The second kappa shape index (κ2) is 6.15.